The first kappa shape index (κ1) is 19.0. The summed E-state index contributed by atoms with van der Waals surface area (Å²) in [6.45, 7) is 21.5. The SMILES string of the molecule is CCN(CCC(C)C(C)(CC)CC)C(C)(CC)CC. The Kier molecular flexibility index (Phi) is 8.27. The first-order valence-electron chi connectivity index (χ1n) is 8.58. The van der Waals surface area contributed by atoms with E-state index < -0.39 is 0 Å². The van der Waals surface area contributed by atoms with Crippen LogP contribution in [0.2, 0.25) is 0 Å². The van der Waals surface area contributed by atoms with Gasteiger partial charge in [0.05, 0.1) is 0 Å². The Morgan fingerprint density at radius 3 is 1.63 bits per heavy atom. The third kappa shape index (κ3) is 4.77. The van der Waals surface area contributed by atoms with Crippen molar-refractivity contribution in [3.05, 3.63) is 0 Å². The monoisotopic (exact) mass is 269 g/mol. The molecule has 0 aromatic heterocycles. The molecule has 0 aromatic rings. The molecule has 0 heterocycles. The van der Waals surface area contributed by atoms with E-state index in [9.17, 15) is 0 Å². The highest BCUT2D eigenvalue weighted by Gasteiger charge is 2.30. The van der Waals surface area contributed by atoms with Crippen molar-refractivity contribution in [2.24, 2.45) is 11.3 Å². The van der Waals surface area contributed by atoms with Gasteiger partial charge in [0.15, 0.2) is 0 Å². The molecule has 0 saturated carbocycles. The van der Waals surface area contributed by atoms with Crippen LogP contribution >= 0.6 is 0 Å². The zero-order chi connectivity index (χ0) is 15.1. The largest absolute Gasteiger partial charge is 0.298 e. The molecule has 1 nitrogen and oxygen atoms in total. The van der Waals surface area contributed by atoms with E-state index in [0.29, 0.717) is 11.0 Å². The smallest absolute Gasteiger partial charge is 0.0176 e. The van der Waals surface area contributed by atoms with E-state index in [4.69, 9.17) is 0 Å². The van der Waals surface area contributed by atoms with Gasteiger partial charge in [0, 0.05) is 5.54 Å². The number of rotatable bonds is 10. The molecule has 0 N–H and O–H groups in total. The van der Waals surface area contributed by atoms with E-state index >= 15 is 0 Å². The summed E-state index contributed by atoms with van der Waals surface area (Å²) in [6.07, 6.45) is 6.45. The van der Waals surface area contributed by atoms with Gasteiger partial charge in [0.25, 0.3) is 0 Å². The molecule has 0 aliphatic carbocycles. The first-order chi connectivity index (χ1) is 8.83. The molecule has 0 spiro atoms. The van der Waals surface area contributed by atoms with Crippen LogP contribution in [0.1, 0.15) is 87.5 Å². The summed E-state index contributed by atoms with van der Waals surface area (Å²) in [5, 5.41) is 0. The molecule has 0 bridgehead atoms. The maximum absolute atomic E-state index is 2.70. The molecule has 0 aliphatic heterocycles. The van der Waals surface area contributed by atoms with Crippen molar-refractivity contribution in [1.29, 1.82) is 0 Å². The van der Waals surface area contributed by atoms with Crippen molar-refractivity contribution in [3.63, 3.8) is 0 Å². The molecule has 0 rings (SSSR count). The van der Waals surface area contributed by atoms with E-state index in [2.05, 4.69) is 60.3 Å². The number of nitrogens with zero attached hydrogens (tertiary/aromatic N) is 1. The molecule has 1 unspecified atom stereocenters. The van der Waals surface area contributed by atoms with Crippen LogP contribution in [0.25, 0.3) is 0 Å². The Hall–Kier alpha value is -0.0400. The van der Waals surface area contributed by atoms with Crippen molar-refractivity contribution >= 4 is 0 Å². The van der Waals surface area contributed by atoms with Crippen LogP contribution in [0.15, 0.2) is 0 Å². The average Bonchev–Trinajstić information content (AvgIpc) is 2.45. The van der Waals surface area contributed by atoms with Gasteiger partial charge >= 0.3 is 0 Å². The standard InChI is InChI=1S/C18H39N/c1-9-17(7,10-2)16(6)14-15-19(13-5)18(8,11-3)12-4/h16H,9-15H2,1-8H3. The summed E-state index contributed by atoms with van der Waals surface area (Å²) < 4.78 is 0. The van der Waals surface area contributed by atoms with Crippen molar-refractivity contribution in [3.8, 4) is 0 Å². The molecule has 0 saturated heterocycles. The van der Waals surface area contributed by atoms with E-state index in [1.54, 1.807) is 0 Å². The predicted octanol–water partition coefficient (Wildman–Crippen LogP) is 5.74. The van der Waals surface area contributed by atoms with Crippen LogP contribution in [0.4, 0.5) is 0 Å². The molecule has 1 heteroatoms. The van der Waals surface area contributed by atoms with Gasteiger partial charge in [-0.2, -0.15) is 0 Å². The van der Waals surface area contributed by atoms with Gasteiger partial charge in [0.1, 0.15) is 0 Å². The lowest BCUT2D eigenvalue weighted by atomic mass is 9.72. The highest BCUT2D eigenvalue weighted by molar-refractivity contribution is 4.85. The van der Waals surface area contributed by atoms with Gasteiger partial charge in [-0.1, -0.05) is 61.3 Å². The van der Waals surface area contributed by atoms with Crippen molar-refractivity contribution < 1.29 is 0 Å². The second-order valence-corrected chi connectivity index (χ2v) is 6.83. The van der Waals surface area contributed by atoms with Crippen molar-refractivity contribution in [2.75, 3.05) is 13.1 Å². The second kappa shape index (κ2) is 8.29. The zero-order valence-electron chi connectivity index (χ0n) is 15.0. The molecule has 0 aliphatic rings. The Balaban J connectivity index is 4.59. The van der Waals surface area contributed by atoms with Crippen LogP contribution in [-0.2, 0) is 0 Å². The predicted molar refractivity (Wildman–Crippen MR) is 88.7 cm³/mol. The lowest BCUT2D eigenvalue weighted by Crippen LogP contribution is -2.46. The highest BCUT2D eigenvalue weighted by atomic mass is 15.2. The fourth-order valence-electron chi connectivity index (χ4n) is 3.15. The van der Waals surface area contributed by atoms with Gasteiger partial charge in [-0.25, -0.2) is 0 Å². The molecule has 19 heavy (non-hydrogen) atoms. The lowest BCUT2D eigenvalue weighted by Gasteiger charge is -2.42. The van der Waals surface area contributed by atoms with E-state index in [0.717, 1.165) is 5.92 Å². The normalized spacial score (nSPS) is 15.0. The minimum Gasteiger partial charge on any atom is -0.298 e. The molecule has 1 atom stereocenters. The fourth-order valence-corrected chi connectivity index (χ4v) is 3.15. The Bertz CT molecular complexity index is 226. The molecule has 0 aromatic carbocycles. The minimum absolute atomic E-state index is 0.392. The molecule has 116 valence electrons. The van der Waals surface area contributed by atoms with Gasteiger partial charge in [-0.3, -0.25) is 4.90 Å². The van der Waals surface area contributed by atoms with Gasteiger partial charge in [0.2, 0.25) is 0 Å². The number of hydrogen-bond donors (Lipinski definition) is 0. The molecule has 0 fully saturated rings. The first-order valence-corrected chi connectivity index (χ1v) is 8.58. The van der Waals surface area contributed by atoms with E-state index in [1.165, 1.54) is 45.2 Å². The molecular formula is C18H39N. The maximum atomic E-state index is 2.70. The third-order valence-electron chi connectivity index (χ3n) is 6.31. The van der Waals surface area contributed by atoms with E-state index in [1.807, 2.05) is 0 Å². The van der Waals surface area contributed by atoms with Crippen LogP contribution in [0, 0.1) is 11.3 Å². The van der Waals surface area contributed by atoms with Gasteiger partial charge in [-0.15, -0.1) is 0 Å². The summed E-state index contributed by atoms with van der Waals surface area (Å²) in [5.41, 5.74) is 0.914. The van der Waals surface area contributed by atoms with Crippen LogP contribution < -0.4 is 0 Å². The van der Waals surface area contributed by atoms with Crippen molar-refractivity contribution in [1.82, 2.24) is 4.90 Å². The summed E-state index contributed by atoms with van der Waals surface area (Å²) in [7, 11) is 0. The summed E-state index contributed by atoms with van der Waals surface area (Å²) >= 11 is 0. The third-order valence-corrected chi connectivity index (χ3v) is 6.31. The Labute approximate surface area is 123 Å². The van der Waals surface area contributed by atoms with E-state index in [-0.39, 0.29) is 0 Å². The summed E-state index contributed by atoms with van der Waals surface area (Å²) in [5.74, 6) is 0.814. The lowest BCUT2D eigenvalue weighted by molar-refractivity contribution is 0.0771. The quantitative estimate of drug-likeness (QED) is 0.489. The van der Waals surface area contributed by atoms with Crippen LogP contribution in [0.3, 0.4) is 0 Å². The Morgan fingerprint density at radius 1 is 0.842 bits per heavy atom. The molecule has 0 amide bonds. The number of hydrogen-bond acceptors (Lipinski definition) is 1. The maximum Gasteiger partial charge on any atom is 0.0176 e. The summed E-state index contributed by atoms with van der Waals surface area (Å²) in [4.78, 5) is 2.70. The van der Waals surface area contributed by atoms with Crippen LogP contribution in [-0.4, -0.2) is 23.5 Å². The topological polar surface area (TPSA) is 3.24 Å². The summed E-state index contributed by atoms with van der Waals surface area (Å²) in [6, 6.07) is 0. The highest BCUT2D eigenvalue weighted by Crippen LogP contribution is 2.37. The van der Waals surface area contributed by atoms with Crippen LogP contribution in [0.5, 0.6) is 0 Å². The zero-order valence-corrected chi connectivity index (χ0v) is 15.0. The minimum atomic E-state index is 0.392. The van der Waals surface area contributed by atoms with Gasteiger partial charge < -0.3 is 0 Å². The fraction of sp³-hybridized carbons (Fsp3) is 1.00. The van der Waals surface area contributed by atoms with Gasteiger partial charge in [-0.05, 0) is 50.6 Å². The van der Waals surface area contributed by atoms with Crippen molar-refractivity contribution in [2.45, 2.75) is 93.0 Å². The average molecular weight is 270 g/mol. The second-order valence-electron chi connectivity index (χ2n) is 6.83. The molecule has 0 radical (unpaired) electrons. The Morgan fingerprint density at radius 2 is 1.32 bits per heavy atom. The molecular weight excluding hydrogens is 230 g/mol.